The molecule has 0 aliphatic carbocycles. The predicted molar refractivity (Wildman–Crippen MR) is 97.5 cm³/mol. The van der Waals surface area contributed by atoms with Gasteiger partial charge in [-0.3, -0.25) is 5.14 Å². The molecule has 22 heavy (non-hydrogen) atoms. The molecule has 2 N–H and O–H groups in total. The molecular formula is C18H21N3S. The highest BCUT2D eigenvalue weighted by molar-refractivity contribution is 8.01. The summed E-state index contributed by atoms with van der Waals surface area (Å²) in [4.78, 5) is 2.89. The number of nitriles is 1. The second kappa shape index (κ2) is 7.35. The van der Waals surface area contributed by atoms with Gasteiger partial charge in [-0.1, -0.05) is 18.2 Å². The van der Waals surface area contributed by atoms with Crippen LogP contribution in [0.15, 0.2) is 41.3 Å². The van der Waals surface area contributed by atoms with Crippen LogP contribution in [-0.4, -0.2) is 13.1 Å². The van der Waals surface area contributed by atoms with Gasteiger partial charge in [-0.2, -0.15) is 5.26 Å². The molecule has 0 atom stereocenters. The number of fused-ring (bicyclic) bond motifs is 1. The molecule has 0 amide bonds. The molecule has 3 nitrogen and oxygen atoms in total. The van der Waals surface area contributed by atoms with Crippen LogP contribution in [0.5, 0.6) is 0 Å². The maximum Gasteiger partial charge on any atom is 0.108 e. The minimum atomic E-state index is 0.555. The van der Waals surface area contributed by atoms with E-state index in [0.29, 0.717) is 4.91 Å². The standard InChI is InChI=1S/C18H21N3S/c1-4-21(5-2)17-9-8-15-10-14(6-7-16(15)11-17)13(3)18(12-19)22-20/h6-11H,4-5,20H2,1-3H3/b18-13+. The van der Waals surface area contributed by atoms with Crippen LogP contribution in [0.25, 0.3) is 16.3 Å². The van der Waals surface area contributed by atoms with Crippen molar-refractivity contribution in [3.05, 3.63) is 46.9 Å². The van der Waals surface area contributed by atoms with Crippen molar-refractivity contribution in [1.29, 1.82) is 5.26 Å². The zero-order chi connectivity index (χ0) is 16.1. The number of hydrogen-bond donors (Lipinski definition) is 1. The predicted octanol–water partition coefficient (Wildman–Crippen LogP) is 4.55. The summed E-state index contributed by atoms with van der Waals surface area (Å²) in [5.41, 5.74) is 3.20. The molecule has 114 valence electrons. The lowest BCUT2D eigenvalue weighted by atomic mass is 10.0. The number of benzene rings is 2. The van der Waals surface area contributed by atoms with Gasteiger partial charge in [0.2, 0.25) is 0 Å². The summed E-state index contributed by atoms with van der Waals surface area (Å²) in [5.74, 6) is 0. The lowest BCUT2D eigenvalue weighted by Gasteiger charge is -2.21. The van der Waals surface area contributed by atoms with E-state index in [1.165, 1.54) is 16.5 Å². The Morgan fingerprint density at radius 3 is 2.36 bits per heavy atom. The lowest BCUT2D eigenvalue weighted by Crippen LogP contribution is -2.21. The van der Waals surface area contributed by atoms with Gasteiger partial charge in [-0.25, -0.2) is 0 Å². The second-order valence-corrected chi connectivity index (χ2v) is 5.75. The molecule has 4 heteroatoms. The zero-order valence-corrected chi connectivity index (χ0v) is 14.1. The van der Waals surface area contributed by atoms with E-state index in [1.54, 1.807) is 0 Å². The molecule has 0 bridgehead atoms. The Morgan fingerprint density at radius 2 is 1.77 bits per heavy atom. The first-order valence-electron chi connectivity index (χ1n) is 7.41. The average molecular weight is 311 g/mol. The van der Waals surface area contributed by atoms with Crippen molar-refractivity contribution >= 4 is 34.0 Å². The van der Waals surface area contributed by atoms with E-state index in [2.05, 4.69) is 61.2 Å². The normalized spacial score (nSPS) is 12.0. The topological polar surface area (TPSA) is 53.0 Å². The van der Waals surface area contributed by atoms with E-state index in [9.17, 15) is 0 Å². The maximum atomic E-state index is 9.11. The average Bonchev–Trinajstić information content (AvgIpc) is 2.56. The Balaban J connectivity index is 2.48. The Kier molecular flexibility index (Phi) is 5.48. The summed E-state index contributed by atoms with van der Waals surface area (Å²) < 4.78 is 0. The SMILES string of the molecule is CCN(CC)c1ccc2cc(/C(C)=C(\C#N)SN)ccc2c1. The highest BCUT2D eigenvalue weighted by Gasteiger charge is 2.07. The fraction of sp³-hybridized carbons (Fsp3) is 0.278. The smallest absolute Gasteiger partial charge is 0.108 e. The highest BCUT2D eigenvalue weighted by Crippen LogP contribution is 2.28. The van der Waals surface area contributed by atoms with Crippen LogP contribution in [0.3, 0.4) is 0 Å². The third-order valence-electron chi connectivity index (χ3n) is 3.95. The van der Waals surface area contributed by atoms with Crippen molar-refractivity contribution in [3.8, 4) is 6.07 Å². The van der Waals surface area contributed by atoms with E-state index in [-0.39, 0.29) is 0 Å². The Labute approximate surface area is 136 Å². The van der Waals surface area contributed by atoms with Crippen LogP contribution in [0.1, 0.15) is 26.3 Å². The van der Waals surface area contributed by atoms with E-state index in [4.69, 9.17) is 10.4 Å². The molecule has 2 aromatic rings. The Hall–Kier alpha value is -1.96. The molecule has 0 saturated heterocycles. The fourth-order valence-corrected chi connectivity index (χ4v) is 2.93. The molecule has 0 radical (unpaired) electrons. The zero-order valence-electron chi connectivity index (χ0n) is 13.3. The van der Waals surface area contributed by atoms with Crippen LogP contribution in [0.4, 0.5) is 5.69 Å². The van der Waals surface area contributed by atoms with Crippen molar-refractivity contribution < 1.29 is 0 Å². The molecule has 0 spiro atoms. The van der Waals surface area contributed by atoms with E-state index < -0.39 is 0 Å². The van der Waals surface area contributed by atoms with Crippen LogP contribution in [-0.2, 0) is 0 Å². The summed E-state index contributed by atoms with van der Waals surface area (Å²) in [5, 5.41) is 17.0. The molecule has 0 unspecified atom stereocenters. The number of nitrogens with two attached hydrogens (primary N) is 1. The Morgan fingerprint density at radius 1 is 1.14 bits per heavy atom. The molecule has 0 aromatic heterocycles. The van der Waals surface area contributed by atoms with Crippen molar-refractivity contribution in [1.82, 2.24) is 0 Å². The lowest BCUT2D eigenvalue weighted by molar-refractivity contribution is 0.867. The first-order chi connectivity index (χ1) is 10.6. The van der Waals surface area contributed by atoms with Crippen LogP contribution < -0.4 is 10.0 Å². The minimum Gasteiger partial charge on any atom is -0.372 e. The summed E-state index contributed by atoms with van der Waals surface area (Å²) in [6.45, 7) is 8.27. The maximum absolute atomic E-state index is 9.11. The summed E-state index contributed by atoms with van der Waals surface area (Å²) in [7, 11) is 0. The number of rotatable bonds is 5. The third-order valence-corrected chi connectivity index (χ3v) is 4.58. The summed E-state index contributed by atoms with van der Waals surface area (Å²) in [6.07, 6.45) is 0. The number of hydrogen-bond acceptors (Lipinski definition) is 4. The molecular weight excluding hydrogens is 290 g/mol. The number of nitrogens with zero attached hydrogens (tertiary/aromatic N) is 2. The minimum absolute atomic E-state index is 0.555. The van der Waals surface area contributed by atoms with Crippen molar-refractivity contribution in [2.75, 3.05) is 18.0 Å². The van der Waals surface area contributed by atoms with Gasteiger partial charge in [0.25, 0.3) is 0 Å². The number of anilines is 1. The molecule has 0 fully saturated rings. The fourth-order valence-electron chi connectivity index (χ4n) is 2.58. The highest BCUT2D eigenvalue weighted by atomic mass is 32.2. The number of allylic oxidation sites excluding steroid dienone is 2. The van der Waals surface area contributed by atoms with E-state index in [0.717, 1.165) is 36.2 Å². The molecule has 0 aliphatic rings. The van der Waals surface area contributed by atoms with E-state index in [1.807, 2.05) is 6.92 Å². The van der Waals surface area contributed by atoms with Gasteiger partial charge < -0.3 is 4.90 Å². The van der Waals surface area contributed by atoms with Crippen LogP contribution >= 0.6 is 11.9 Å². The molecule has 0 heterocycles. The van der Waals surface area contributed by atoms with Gasteiger partial charge in [0.05, 0.1) is 0 Å². The van der Waals surface area contributed by atoms with Crippen molar-refractivity contribution in [2.45, 2.75) is 20.8 Å². The molecule has 0 aliphatic heterocycles. The van der Waals surface area contributed by atoms with Crippen molar-refractivity contribution in [2.24, 2.45) is 5.14 Å². The first-order valence-corrected chi connectivity index (χ1v) is 8.29. The Bertz CT molecular complexity index is 740. The monoisotopic (exact) mass is 311 g/mol. The first kappa shape index (κ1) is 16.4. The summed E-state index contributed by atoms with van der Waals surface area (Å²) >= 11 is 1.00. The molecule has 2 rings (SSSR count). The van der Waals surface area contributed by atoms with Gasteiger partial charge in [0.15, 0.2) is 0 Å². The largest absolute Gasteiger partial charge is 0.372 e. The summed E-state index contributed by atoms with van der Waals surface area (Å²) in [6, 6.07) is 14.9. The van der Waals surface area contributed by atoms with Gasteiger partial charge in [0.1, 0.15) is 11.0 Å². The quantitative estimate of drug-likeness (QED) is 0.650. The van der Waals surface area contributed by atoms with Gasteiger partial charge in [-0.15, -0.1) is 0 Å². The van der Waals surface area contributed by atoms with Crippen LogP contribution in [0, 0.1) is 11.3 Å². The van der Waals surface area contributed by atoms with Crippen LogP contribution in [0.2, 0.25) is 0 Å². The molecule has 2 aromatic carbocycles. The van der Waals surface area contributed by atoms with Gasteiger partial charge in [0, 0.05) is 18.8 Å². The van der Waals surface area contributed by atoms with Gasteiger partial charge >= 0.3 is 0 Å². The third kappa shape index (κ3) is 3.27. The van der Waals surface area contributed by atoms with Crippen molar-refractivity contribution in [3.63, 3.8) is 0 Å². The van der Waals surface area contributed by atoms with E-state index >= 15 is 0 Å². The second-order valence-electron chi connectivity index (χ2n) is 5.10. The van der Waals surface area contributed by atoms with Gasteiger partial charge in [-0.05, 0) is 72.8 Å². The molecule has 0 saturated carbocycles.